The third-order valence-electron chi connectivity index (χ3n) is 6.31. The van der Waals surface area contributed by atoms with Crippen molar-refractivity contribution in [2.24, 2.45) is 0 Å². The van der Waals surface area contributed by atoms with Crippen molar-refractivity contribution >= 4 is 23.1 Å². The predicted molar refractivity (Wildman–Crippen MR) is 134 cm³/mol. The fraction of sp³-hybridized carbons (Fsp3) is 0.241. The Morgan fingerprint density at radius 1 is 0.971 bits per heavy atom. The van der Waals surface area contributed by atoms with Gasteiger partial charge in [0.25, 0.3) is 11.7 Å². The second kappa shape index (κ2) is 9.18. The van der Waals surface area contributed by atoms with Crippen LogP contribution in [-0.4, -0.2) is 23.9 Å². The fourth-order valence-corrected chi connectivity index (χ4v) is 4.50. The molecule has 1 aliphatic heterocycles. The summed E-state index contributed by atoms with van der Waals surface area (Å²) in [6.45, 7) is 7.92. The van der Waals surface area contributed by atoms with Crippen molar-refractivity contribution in [3.05, 3.63) is 100 Å². The first-order valence-corrected chi connectivity index (χ1v) is 11.4. The molecule has 1 aliphatic rings. The maximum atomic E-state index is 13.4. The minimum Gasteiger partial charge on any atom is -0.507 e. The van der Waals surface area contributed by atoms with Gasteiger partial charge in [-0.15, -0.1) is 0 Å². The molecule has 1 amide bonds. The van der Waals surface area contributed by atoms with Crippen LogP contribution in [0.2, 0.25) is 0 Å². The lowest BCUT2D eigenvalue weighted by Crippen LogP contribution is -2.30. The number of rotatable bonds is 5. The first-order valence-electron chi connectivity index (χ1n) is 11.4. The van der Waals surface area contributed by atoms with E-state index in [1.54, 1.807) is 19.2 Å². The zero-order chi connectivity index (χ0) is 24.6. The summed E-state index contributed by atoms with van der Waals surface area (Å²) in [6.07, 6.45) is 0. The van der Waals surface area contributed by atoms with Gasteiger partial charge in [-0.05, 0) is 66.3 Å². The van der Waals surface area contributed by atoms with Crippen LogP contribution >= 0.6 is 0 Å². The molecule has 0 aliphatic carbocycles. The number of aryl methyl sites for hydroxylation is 2. The molecule has 0 saturated carbocycles. The maximum absolute atomic E-state index is 13.4. The van der Waals surface area contributed by atoms with E-state index in [0.717, 1.165) is 22.3 Å². The Morgan fingerprint density at radius 2 is 1.68 bits per heavy atom. The molecule has 5 nitrogen and oxygen atoms in total. The Labute approximate surface area is 200 Å². The standard InChI is InChI=1S/C29H29NO4/c1-17(2)22-16-21(13-14-24(22)34-5)27(31)25-26(20-9-7-6-8-10-20)30(29(33)28(25)32)23-15-18(3)11-12-19(23)4/h6-17,26,31H,1-5H3/b27-25-. The Bertz CT molecular complexity index is 1290. The number of aliphatic hydroxyl groups excluding tert-OH is 1. The van der Waals surface area contributed by atoms with Gasteiger partial charge >= 0.3 is 0 Å². The highest BCUT2D eigenvalue weighted by Gasteiger charge is 2.47. The first-order chi connectivity index (χ1) is 16.2. The molecule has 0 bridgehead atoms. The van der Waals surface area contributed by atoms with Crippen LogP contribution in [0.1, 0.15) is 53.6 Å². The summed E-state index contributed by atoms with van der Waals surface area (Å²) in [5, 5.41) is 11.4. The van der Waals surface area contributed by atoms with Crippen molar-refractivity contribution in [2.75, 3.05) is 12.0 Å². The minimum absolute atomic E-state index is 0.0805. The van der Waals surface area contributed by atoms with Gasteiger partial charge in [-0.2, -0.15) is 0 Å². The molecule has 5 heteroatoms. The summed E-state index contributed by atoms with van der Waals surface area (Å²) in [5.74, 6) is -0.688. The SMILES string of the molecule is COc1ccc(/C(O)=C2/C(=O)C(=O)N(c3cc(C)ccc3C)C2c2ccccc2)cc1C(C)C. The topological polar surface area (TPSA) is 66.8 Å². The molecule has 3 aromatic rings. The Balaban J connectivity index is 1.97. The summed E-state index contributed by atoms with van der Waals surface area (Å²) >= 11 is 0. The zero-order valence-corrected chi connectivity index (χ0v) is 20.1. The van der Waals surface area contributed by atoms with Crippen LogP contribution in [0.3, 0.4) is 0 Å². The lowest BCUT2D eigenvalue weighted by Gasteiger charge is -2.27. The average molecular weight is 456 g/mol. The van der Waals surface area contributed by atoms with Crippen LogP contribution in [-0.2, 0) is 9.59 Å². The van der Waals surface area contributed by atoms with E-state index in [-0.39, 0.29) is 17.3 Å². The number of benzene rings is 3. The summed E-state index contributed by atoms with van der Waals surface area (Å²) in [4.78, 5) is 28.3. The lowest BCUT2D eigenvalue weighted by molar-refractivity contribution is -0.132. The van der Waals surface area contributed by atoms with Crippen molar-refractivity contribution in [2.45, 2.75) is 39.7 Å². The Kier molecular flexibility index (Phi) is 6.29. The van der Waals surface area contributed by atoms with Gasteiger partial charge in [0.1, 0.15) is 11.5 Å². The fourth-order valence-electron chi connectivity index (χ4n) is 4.50. The van der Waals surface area contributed by atoms with Crippen molar-refractivity contribution < 1.29 is 19.4 Å². The molecule has 0 aromatic heterocycles. The molecule has 3 aromatic carbocycles. The first kappa shape index (κ1) is 23.3. The zero-order valence-electron chi connectivity index (χ0n) is 20.1. The molecular formula is C29H29NO4. The highest BCUT2D eigenvalue weighted by molar-refractivity contribution is 6.51. The molecule has 4 rings (SSSR count). The lowest BCUT2D eigenvalue weighted by atomic mass is 9.93. The van der Waals surface area contributed by atoms with Crippen LogP contribution in [0.4, 0.5) is 5.69 Å². The van der Waals surface area contributed by atoms with E-state index in [9.17, 15) is 14.7 Å². The maximum Gasteiger partial charge on any atom is 0.300 e. The van der Waals surface area contributed by atoms with E-state index < -0.39 is 17.7 Å². The highest BCUT2D eigenvalue weighted by Crippen LogP contribution is 2.43. The van der Waals surface area contributed by atoms with Crippen LogP contribution in [0.5, 0.6) is 5.75 Å². The normalized spacial score (nSPS) is 17.5. The smallest absolute Gasteiger partial charge is 0.300 e. The van der Waals surface area contributed by atoms with Crippen molar-refractivity contribution in [3.8, 4) is 5.75 Å². The number of Topliss-reactive ketones (excluding diaryl/α,β-unsaturated/α-hetero) is 1. The molecule has 0 radical (unpaired) electrons. The van der Waals surface area contributed by atoms with E-state index in [1.165, 1.54) is 4.90 Å². The largest absolute Gasteiger partial charge is 0.507 e. The minimum atomic E-state index is -0.744. The Morgan fingerprint density at radius 3 is 2.32 bits per heavy atom. The molecule has 1 heterocycles. The van der Waals surface area contributed by atoms with E-state index in [1.807, 2.05) is 82.3 Å². The molecule has 1 fully saturated rings. The molecule has 1 unspecified atom stereocenters. The number of hydrogen-bond acceptors (Lipinski definition) is 4. The van der Waals surface area contributed by atoms with Crippen LogP contribution < -0.4 is 9.64 Å². The van der Waals surface area contributed by atoms with E-state index >= 15 is 0 Å². The number of ketones is 1. The van der Waals surface area contributed by atoms with E-state index in [2.05, 4.69) is 0 Å². The van der Waals surface area contributed by atoms with Gasteiger partial charge in [0.2, 0.25) is 0 Å². The number of carbonyl (C=O) groups excluding carboxylic acids is 2. The van der Waals surface area contributed by atoms with Gasteiger partial charge in [0.15, 0.2) is 0 Å². The summed E-state index contributed by atoms with van der Waals surface area (Å²) < 4.78 is 5.47. The molecular weight excluding hydrogens is 426 g/mol. The molecule has 174 valence electrons. The van der Waals surface area contributed by atoms with Crippen LogP contribution in [0.25, 0.3) is 5.76 Å². The molecule has 0 spiro atoms. The van der Waals surface area contributed by atoms with Gasteiger partial charge in [-0.1, -0.05) is 56.3 Å². The molecule has 1 saturated heterocycles. The highest BCUT2D eigenvalue weighted by atomic mass is 16.5. The molecule has 1 N–H and O–H groups in total. The summed E-state index contributed by atoms with van der Waals surface area (Å²) in [6, 6.07) is 19.7. The number of hydrogen-bond donors (Lipinski definition) is 1. The van der Waals surface area contributed by atoms with Gasteiger partial charge in [-0.3, -0.25) is 14.5 Å². The van der Waals surface area contributed by atoms with Crippen molar-refractivity contribution in [3.63, 3.8) is 0 Å². The van der Waals surface area contributed by atoms with Gasteiger partial charge in [0.05, 0.1) is 18.7 Å². The average Bonchev–Trinajstić information content (AvgIpc) is 3.10. The number of amides is 1. The number of methoxy groups -OCH3 is 1. The van der Waals surface area contributed by atoms with E-state index in [4.69, 9.17) is 4.74 Å². The van der Waals surface area contributed by atoms with Gasteiger partial charge in [-0.25, -0.2) is 0 Å². The Hall–Kier alpha value is -3.86. The summed E-state index contributed by atoms with van der Waals surface area (Å²) in [5.41, 5.74) is 4.73. The monoisotopic (exact) mass is 455 g/mol. The van der Waals surface area contributed by atoms with Crippen LogP contribution in [0, 0.1) is 13.8 Å². The van der Waals surface area contributed by atoms with Crippen molar-refractivity contribution in [1.29, 1.82) is 0 Å². The predicted octanol–water partition coefficient (Wildman–Crippen LogP) is 6.06. The molecule has 1 atom stereocenters. The number of anilines is 1. The third-order valence-corrected chi connectivity index (χ3v) is 6.31. The second-order valence-electron chi connectivity index (χ2n) is 8.98. The number of carbonyl (C=O) groups is 2. The number of aliphatic hydroxyl groups is 1. The van der Waals surface area contributed by atoms with Crippen LogP contribution in [0.15, 0.2) is 72.3 Å². The molecule has 34 heavy (non-hydrogen) atoms. The number of nitrogens with zero attached hydrogens (tertiary/aromatic N) is 1. The van der Waals surface area contributed by atoms with Gasteiger partial charge < -0.3 is 9.84 Å². The van der Waals surface area contributed by atoms with Crippen molar-refractivity contribution in [1.82, 2.24) is 0 Å². The second-order valence-corrected chi connectivity index (χ2v) is 8.98. The number of ether oxygens (including phenoxy) is 1. The van der Waals surface area contributed by atoms with E-state index in [0.29, 0.717) is 17.0 Å². The third kappa shape index (κ3) is 3.98. The quantitative estimate of drug-likeness (QED) is 0.288. The van der Waals surface area contributed by atoms with Gasteiger partial charge in [0, 0.05) is 11.3 Å². The summed E-state index contributed by atoms with van der Waals surface area (Å²) in [7, 11) is 1.60.